The van der Waals surface area contributed by atoms with Crippen LogP contribution in [0.1, 0.15) is 19.4 Å². The van der Waals surface area contributed by atoms with Gasteiger partial charge in [0, 0.05) is 23.3 Å². The van der Waals surface area contributed by atoms with Gasteiger partial charge in [-0.25, -0.2) is 14.2 Å². The second kappa shape index (κ2) is 13.1. The highest BCUT2D eigenvalue weighted by Crippen LogP contribution is 2.23. The quantitative estimate of drug-likeness (QED) is 0.311. The zero-order valence-corrected chi connectivity index (χ0v) is 21.7. The predicted molar refractivity (Wildman–Crippen MR) is 140 cm³/mol. The first-order chi connectivity index (χ1) is 18.4. The van der Waals surface area contributed by atoms with Crippen LogP contribution >= 0.6 is 11.6 Å². The van der Waals surface area contributed by atoms with Crippen LogP contribution in [0.2, 0.25) is 5.02 Å². The minimum atomic E-state index is -4.18. The molecular formula is C25H26ClF3N6O4. The van der Waals surface area contributed by atoms with Crippen LogP contribution in [-0.4, -0.2) is 32.0 Å². The molecule has 208 valence electrons. The van der Waals surface area contributed by atoms with Crippen molar-refractivity contribution in [3.05, 3.63) is 92.4 Å². The third-order valence-corrected chi connectivity index (χ3v) is 5.18. The van der Waals surface area contributed by atoms with Gasteiger partial charge in [-0.3, -0.25) is 4.57 Å². The lowest BCUT2D eigenvalue weighted by molar-refractivity contribution is -0.118. The summed E-state index contributed by atoms with van der Waals surface area (Å²) in [5.74, 6) is 1.14. The highest BCUT2D eigenvalue weighted by Gasteiger charge is 2.23. The van der Waals surface area contributed by atoms with Crippen molar-refractivity contribution in [1.29, 1.82) is 0 Å². The molecule has 4 aromatic rings. The molecule has 0 bridgehead atoms. The van der Waals surface area contributed by atoms with Gasteiger partial charge in [0.2, 0.25) is 5.95 Å². The number of anilines is 2. The fourth-order valence-electron chi connectivity index (χ4n) is 3.17. The van der Waals surface area contributed by atoms with Crippen LogP contribution in [0.4, 0.5) is 24.8 Å². The first-order valence-corrected chi connectivity index (χ1v) is 12.0. The van der Waals surface area contributed by atoms with Crippen LogP contribution in [0.25, 0.3) is 0 Å². The Morgan fingerprint density at radius 2 is 1.69 bits per heavy atom. The van der Waals surface area contributed by atoms with Crippen molar-refractivity contribution in [2.45, 2.75) is 33.1 Å². The zero-order chi connectivity index (χ0) is 28.6. The summed E-state index contributed by atoms with van der Waals surface area (Å²) in [6, 6.07) is 15.7. The number of aromatic nitrogens is 4. The molecular weight excluding hydrogens is 541 g/mol. The number of alkyl halides is 3. The van der Waals surface area contributed by atoms with Crippen molar-refractivity contribution in [3.8, 4) is 11.6 Å². The molecule has 0 saturated carbocycles. The van der Waals surface area contributed by atoms with E-state index < -0.39 is 24.1 Å². The van der Waals surface area contributed by atoms with Gasteiger partial charge in [0.1, 0.15) is 12.0 Å². The van der Waals surface area contributed by atoms with Crippen molar-refractivity contribution in [2.75, 3.05) is 11.9 Å². The number of nitrogens with zero attached hydrogens (tertiary/aromatic N) is 4. The van der Waals surface area contributed by atoms with E-state index in [2.05, 4.69) is 21.2 Å². The van der Waals surface area contributed by atoms with E-state index in [9.17, 15) is 22.8 Å². The summed E-state index contributed by atoms with van der Waals surface area (Å²) in [5, 5.41) is 7.37. The Kier molecular flexibility index (Phi) is 9.90. The smallest absolute Gasteiger partial charge is 0.400 e. The third-order valence-electron chi connectivity index (χ3n) is 4.93. The summed E-state index contributed by atoms with van der Waals surface area (Å²) < 4.78 is 44.9. The average molecular weight is 567 g/mol. The molecule has 0 atom stereocenters. The summed E-state index contributed by atoms with van der Waals surface area (Å²) in [6.45, 7) is 3.14. The Morgan fingerprint density at radius 1 is 1.05 bits per heavy atom. The maximum Gasteiger partial charge on any atom is 0.400 e. The average Bonchev–Trinajstić information content (AvgIpc) is 3.39. The molecule has 0 aliphatic carbocycles. The van der Waals surface area contributed by atoms with Gasteiger partial charge in [-0.05, 0) is 53.0 Å². The van der Waals surface area contributed by atoms with E-state index in [1.807, 2.05) is 26.0 Å². The number of halogens is 4. The minimum Gasteiger partial charge on any atom is -0.436 e. The molecule has 0 aliphatic heterocycles. The van der Waals surface area contributed by atoms with Gasteiger partial charge in [0.25, 0.3) is 5.88 Å². The molecule has 39 heavy (non-hydrogen) atoms. The highest BCUT2D eigenvalue weighted by molar-refractivity contribution is 6.30. The van der Waals surface area contributed by atoms with Gasteiger partial charge < -0.3 is 20.3 Å². The lowest BCUT2D eigenvalue weighted by Gasteiger charge is -2.16. The molecule has 0 spiro atoms. The van der Waals surface area contributed by atoms with Gasteiger partial charge in [-0.2, -0.15) is 18.2 Å². The van der Waals surface area contributed by atoms with Crippen molar-refractivity contribution in [1.82, 2.24) is 19.3 Å². The van der Waals surface area contributed by atoms with Gasteiger partial charge in [0.05, 0.1) is 13.1 Å². The molecule has 3 N–H and O–H groups in total. The molecule has 2 heterocycles. The van der Waals surface area contributed by atoms with Crippen LogP contribution in [-0.2, 0) is 13.1 Å². The summed E-state index contributed by atoms with van der Waals surface area (Å²) in [4.78, 5) is 30.0. The maximum absolute atomic E-state index is 13.2. The standard InChI is InChI=1S/C23H22ClN5O4.C2H4F3N/c1-15(2)13-29-22(30)26-21(28(23(29)31)14-16-3-5-17(24)6-4-16)25-18-7-9-19(10-8-18)33-20-11-12-32-27-20;3-2(4,5)1-6/h3-12,15H,13-14H2,1-2H3,(H,25,26,30);1,6H2. The fourth-order valence-corrected chi connectivity index (χ4v) is 3.30. The number of ether oxygens (including phenoxy) is 1. The molecule has 0 aliphatic rings. The van der Waals surface area contributed by atoms with Gasteiger partial charge in [-0.1, -0.05) is 37.6 Å². The number of rotatable bonds is 8. The van der Waals surface area contributed by atoms with Crippen LogP contribution in [0.3, 0.4) is 0 Å². The second-order valence-corrected chi connectivity index (χ2v) is 9.06. The minimum absolute atomic E-state index is 0.109. The number of hydrogen-bond donors (Lipinski definition) is 2. The maximum atomic E-state index is 13.2. The van der Waals surface area contributed by atoms with Gasteiger partial charge in [0.15, 0.2) is 0 Å². The van der Waals surface area contributed by atoms with E-state index in [0.717, 1.165) is 10.1 Å². The van der Waals surface area contributed by atoms with E-state index in [1.165, 1.54) is 10.8 Å². The number of nitrogens with two attached hydrogens (primary N) is 1. The molecule has 0 amide bonds. The molecule has 10 nitrogen and oxygen atoms in total. The Labute approximate surface area is 225 Å². The van der Waals surface area contributed by atoms with Crippen LogP contribution in [0.15, 0.2) is 75.0 Å². The van der Waals surface area contributed by atoms with E-state index in [1.54, 1.807) is 42.5 Å². The summed E-state index contributed by atoms with van der Waals surface area (Å²) >= 11 is 5.99. The molecule has 14 heteroatoms. The van der Waals surface area contributed by atoms with Gasteiger partial charge >= 0.3 is 17.6 Å². The van der Waals surface area contributed by atoms with E-state index >= 15 is 0 Å². The number of hydrogen-bond acceptors (Lipinski definition) is 8. The first-order valence-electron chi connectivity index (χ1n) is 11.6. The lowest BCUT2D eigenvalue weighted by atomic mass is 10.2. The van der Waals surface area contributed by atoms with Crippen molar-refractivity contribution in [2.24, 2.45) is 11.7 Å². The van der Waals surface area contributed by atoms with Crippen LogP contribution in [0.5, 0.6) is 11.6 Å². The molecule has 0 radical (unpaired) electrons. The monoisotopic (exact) mass is 566 g/mol. The highest BCUT2D eigenvalue weighted by atomic mass is 35.5. The van der Waals surface area contributed by atoms with E-state index in [-0.39, 0.29) is 25.0 Å². The number of benzene rings is 2. The Hall–Kier alpha value is -4.10. The molecule has 0 fully saturated rings. The number of nitrogens with one attached hydrogen (secondary N) is 1. The van der Waals surface area contributed by atoms with E-state index in [0.29, 0.717) is 22.3 Å². The van der Waals surface area contributed by atoms with Crippen LogP contribution < -0.4 is 27.2 Å². The van der Waals surface area contributed by atoms with Crippen molar-refractivity contribution >= 4 is 23.2 Å². The topological polar surface area (TPSA) is 130 Å². The second-order valence-electron chi connectivity index (χ2n) is 8.63. The lowest BCUT2D eigenvalue weighted by Crippen LogP contribution is -2.43. The SMILES string of the molecule is CC(C)Cn1c(=O)nc(Nc2ccc(Oc3ccon3)cc2)n(Cc2ccc(Cl)cc2)c1=O.NCC(F)(F)F. The first kappa shape index (κ1) is 29.5. The molecule has 0 saturated heterocycles. The molecule has 0 unspecified atom stereocenters. The Balaban J connectivity index is 0.000000631. The molecule has 2 aromatic heterocycles. The predicted octanol–water partition coefficient (Wildman–Crippen LogP) is 4.79. The van der Waals surface area contributed by atoms with Crippen LogP contribution in [0, 0.1) is 5.92 Å². The Morgan fingerprint density at radius 3 is 2.23 bits per heavy atom. The normalized spacial score (nSPS) is 11.2. The van der Waals surface area contributed by atoms with Crippen molar-refractivity contribution < 1.29 is 22.4 Å². The summed E-state index contributed by atoms with van der Waals surface area (Å²) in [6.07, 6.45) is -2.77. The summed E-state index contributed by atoms with van der Waals surface area (Å²) in [7, 11) is 0. The van der Waals surface area contributed by atoms with Gasteiger partial charge in [-0.15, -0.1) is 0 Å². The third kappa shape index (κ3) is 9.00. The van der Waals surface area contributed by atoms with Crippen molar-refractivity contribution in [3.63, 3.8) is 0 Å². The summed E-state index contributed by atoms with van der Waals surface area (Å²) in [5.41, 5.74) is 4.61. The Bertz CT molecular complexity index is 1450. The fraction of sp³-hybridized carbons (Fsp3) is 0.280. The van der Waals surface area contributed by atoms with E-state index in [4.69, 9.17) is 20.9 Å². The largest absolute Gasteiger partial charge is 0.436 e. The molecule has 2 aromatic carbocycles. The zero-order valence-electron chi connectivity index (χ0n) is 21.0. The molecule has 4 rings (SSSR count).